The van der Waals surface area contributed by atoms with Crippen LogP contribution in [0.5, 0.6) is 0 Å². The molecule has 1 aromatic heterocycles. The number of anilines is 1. The Kier molecular flexibility index (Phi) is 5.78. The lowest BCUT2D eigenvalue weighted by atomic mass is 9.95. The largest absolute Gasteiger partial charge is 0.325 e. The Bertz CT molecular complexity index is 737. The maximum Gasteiger partial charge on any atom is 0.237 e. The number of hydrogen-bond donors (Lipinski definition) is 1. The van der Waals surface area contributed by atoms with Gasteiger partial charge in [0.2, 0.25) is 5.91 Å². The summed E-state index contributed by atoms with van der Waals surface area (Å²) in [6.07, 6.45) is 6.19. The minimum absolute atomic E-state index is 0.00449. The third kappa shape index (κ3) is 4.24. The fourth-order valence-electron chi connectivity index (χ4n) is 3.35. The first kappa shape index (κ1) is 18.0. The second kappa shape index (κ2) is 8.04. The van der Waals surface area contributed by atoms with Crippen LogP contribution in [-0.2, 0) is 4.79 Å². The molecule has 25 heavy (non-hydrogen) atoms. The van der Waals surface area contributed by atoms with Crippen molar-refractivity contribution >= 4 is 23.4 Å². The van der Waals surface area contributed by atoms with Gasteiger partial charge in [0, 0.05) is 11.7 Å². The summed E-state index contributed by atoms with van der Waals surface area (Å²) in [5, 5.41) is 12.2. The van der Waals surface area contributed by atoms with Crippen LogP contribution in [0, 0.1) is 13.8 Å². The van der Waals surface area contributed by atoms with Crippen molar-refractivity contribution in [1.82, 2.24) is 14.8 Å². The molecular weight excluding hydrogens is 332 g/mol. The number of benzene rings is 1. The molecule has 0 radical (unpaired) electrons. The average molecular weight is 359 g/mol. The van der Waals surface area contributed by atoms with E-state index in [1.165, 1.54) is 43.9 Å². The summed E-state index contributed by atoms with van der Waals surface area (Å²) >= 11 is 1.50. The van der Waals surface area contributed by atoms with Gasteiger partial charge in [-0.3, -0.25) is 4.79 Å². The maximum absolute atomic E-state index is 12.6. The standard InChI is InChI=1S/C19H26N4OS/c1-13-9-7-8-12-17(13)20-18(24)14(2)25-19-22-21-15(3)23(19)16-10-5-4-6-11-16/h7-9,12,14,16H,4-6,10-11H2,1-3H3,(H,20,24). The van der Waals surface area contributed by atoms with Gasteiger partial charge in [-0.05, 0) is 45.2 Å². The lowest BCUT2D eigenvalue weighted by Gasteiger charge is -2.25. The zero-order valence-electron chi connectivity index (χ0n) is 15.2. The summed E-state index contributed by atoms with van der Waals surface area (Å²) in [6.45, 7) is 5.92. The van der Waals surface area contributed by atoms with E-state index < -0.39 is 0 Å². The molecule has 1 aliphatic rings. The van der Waals surface area contributed by atoms with Crippen molar-refractivity contribution in [3.05, 3.63) is 35.7 Å². The summed E-state index contributed by atoms with van der Waals surface area (Å²) < 4.78 is 2.24. The Morgan fingerprint density at radius 1 is 1.20 bits per heavy atom. The molecule has 1 unspecified atom stereocenters. The van der Waals surface area contributed by atoms with E-state index in [-0.39, 0.29) is 11.2 Å². The van der Waals surface area contributed by atoms with Crippen molar-refractivity contribution in [2.75, 3.05) is 5.32 Å². The molecule has 0 spiro atoms. The van der Waals surface area contributed by atoms with Gasteiger partial charge in [-0.15, -0.1) is 10.2 Å². The van der Waals surface area contributed by atoms with Gasteiger partial charge in [-0.2, -0.15) is 0 Å². The fraction of sp³-hybridized carbons (Fsp3) is 0.526. The smallest absolute Gasteiger partial charge is 0.237 e. The van der Waals surface area contributed by atoms with Gasteiger partial charge in [0.05, 0.1) is 5.25 Å². The van der Waals surface area contributed by atoms with E-state index in [0.29, 0.717) is 6.04 Å². The highest BCUT2D eigenvalue weighted by Crippen LogP contribution is 2.33. The molecule has 0 bridgehead atoms. The molecule has 0 saturated heterocycles. The molecule has 1 aromatic carbocycles. The van der Waals surface area contributed by atoms with Gasteiger partial charge < -0.3 is 9.88 Å². The van der Waals surface area contributed by atoms with Crippen LogP contribution in [0.25, 0.3) is 0 Å². The Hall–Kier alpha value is -1.82. The molecule has 0 aliphatic heterocycles. The predicted octanol–water partition coefficient (Wildman–Crippen LogP) is 4.52. The van der Waals surface area contributed by atoms with E-state index in [1.807, 2.05) is 45.0 Å². The Morgan fingerprint density at radius 2 is 1.92 bits per heavy atom. The van der Waals surface area contributed by atoms with Crippen LogP contribution in [0.4, 0.5) is 5.69 Å². The predicted molar refractivity (Wildman–Crippen MR) is 102 cm³/mol. The normalized spacial score (nSPS) is 16.6. The zero-order chi connectivity index (χ0) is 17.8. The minimum atomic E-state index is -0.231. The summed E-state index contributed by atoms with van der Waals surface area (Å²) in [5.41, 5.74) is 1.93. The molecule has 1 N–H and O–H groups in total. The van der Waals surface area contributed by atoms with Crippen molar-refractivity contribution in [2.24, 2.45) is 0 Å². The van der Waals surface area contributed by atoms with Crippen molar-refractivity contribution in [1.29, 1.82) is 0 Å². The van der Waals surface area contributed by atoms with Crippen LogP contribution in [-0.4, -0.2) is 25.9 Å². The molecule has 3 rings (SSSR count). The van der Waals surface area contributed by atoms with Crippen LogP contribution < -0.4 is 5.32 Å². The fourth-order valence-corrected chi connectivity index (χ4v) is 4.31. The van der Waals surface area contributed by atoms with Gasteiger partial charge >= 0.3 is 0 Å². The van der Waals surface area contributed by atoms with E-state index in [1.54, 1.807) is 0 Å². The van der Waals surface area contributed by atoms with Gasteiger partial charge in [0.25, 0.3) is 0 Å². The van der Waals surface area contributed by atoms with E-state index in [9.17, 15) is 4.79 Å². The van der Waals surface area contributed by atoms with Crippen LogP contribution in [0.2, 0.25) is 0 Å². The Balaban J connectivity index is 1.69. The number of para-hydroxylation sites is 1. The summed E-state index contributed by atoms with van der Waals surface area (Å²) in [5.74, 6) is 0.941. The number of aromatic nitrogens is 3. The molecule has 1 amide bonds. The van der Waals surface area contributed by atoms with Crippen LogP contribution in [0.3, 0.4) is 0 Å². The molecule has 1 heterocycles. The van der Waals surface area contributed by atoms with E-state index >= 15 is 0 Å². The van der Waals surface area contributed by atoms with Gasteiger partial charge in [-0.1, -0.05) is 49.2 Å². The molecule has 1 atom stereocenters. The van der Waals surface area contributed by atoms with Crippen LogP contribution in [0.1, 0.15) is 56.5 Å². The van der Waals surface area contributed by atoms with Gasteiger partial charge in [0.1, 0.15) is 5.82 Å². The quantitative estimate of drug-likeness (QED) is 0.798. The number of aryl methyl sites for hydroxylation is 2. The lowest BCUT2D eigenvalue weighted by molar-refractivity contribution is -0.115. The van der Waals surface area contributed by atoms with E-state index in [4.69, 9.17) is 0 Å². The number of carbonyl (C=O) groups is 1. The number of nitrogens with one attached hydrogen (secondary N) is 1. The van der Waals surface area contributed by atoms with E-state index in [2.05, 4.69) is 20.1 Å². The molecule has 5 nitrogen and oxygen atoms in total. The SMILES string of the molecule is Cc1ccccc1NC(=O)C(C)Sc1nnc(C)n1C1CCCCC1. The third-order valence-corrected chi connectivity index (χ3v) is 5.89. The number of hydrogen-bond acceptors (Lipinski definition) is 4. The molecule has 2 aromatic rings. The number of amides is 1. The summed E-state index contributed by atoms with van der Waals surface area (Å²) in [7, 11) is 0. The van der Waals surface area contributed by atoms with Crippen molar-refractivity contribution < 1.29 is 4.79 Å². The lowest BCUT2D eigenvalue weighted by Crippen LogP contribution is -2.24. The highest BCUT2D eigenvalue weighted by atomic mass is 32.2. The Labute approximate surface area is 153 Å². The van der Waals surface area contributed by atoms with Crippen LogP contribution >= 0.6 is 11.8 Å². The number of thioether (sulfide) groups is 1. The highest BCUT2D eigenvalue weighted by molar-refractivity contribution is 8.00. The first-order valence-corrected chi connectivity index (χ1v) is 9.89. The minimum Gasteiger partial charge on any atom is -0.325 e. The molecule has 1 saturated carbocycles. The van der Waals surface area contributed by atoms with E-state index in [0.717, 1.165) is 22.2 Å². The maximum atomic E-state index is 12.6. The molecule has 6 heteroatoms. The second-order valence-electron chi connectivity index (χ2n) is 6.76. The Morgan fingerprint density at radius 3 is 2.64 bits per heavy atom. The van der Waals surface area contributed by atoms with Crippen molar-refractivity contribution in [3.8, 4) is 0 Å². The number of nitrogens with zero attached hydrogens (tertiary/aromatic N) is 3. The molecular formula is C19H26N4OS. The zero-order valence-corrected chi connectivity index (χ0v) is 16.0. The molecule has 1 fully saturated rings. The van der Waals surface area contributed by atoms with Crippen molar-refractivity contribution in [3.63, 3.8) is 0 Å². The van der Waals surface area contributed by atoms with Crippen LogP contribution in [0.15, 0.2) is 29.4 Å². The average Bonchev–Trinajstić information content (AvgIpc) is 2.98. The number of carbonyl (C=O) groups excluding carboxylic acids is 1. The van der Waals surface area contributed by atoms with Crippen molar-refractivity contribution in [2.45, 2.75) is 69.3 Å². The first-order valence-electron chi connectivity index (χ1n) is 9.01. The molecule has 1 aliphatic carbocycles. The van der Waals surface area contributed by atoms with Gasteiger partial charge in [0.15, 0.2) is 5.16 Å². The van der Waals surface area contributed by atoms with Gasteiger partial charge in [-0.25, -0.2) is 0 Å². The second-order valence-corrected chi connectivity index (χ2v) is 8.06. The summed E-state index contributed by atoms with van der Waals surface area (Å²) in [4.78, 5) is 12.6. The number of rotatable bonds is 5. The summed E-state index contributed by atoms with van der Waals surface area (Å²) in [6, 6.07) is 8.30. The monoisotopic (exact) mass is 358 g/mol. The highest BCUT2D eigenvalue weighted by Gasteiger charge is 2.24. The first-order chi connectivity index (χ1) is 12.1. The topological polar surface area (TPSA) is 59.8 Å². The third-order valence-electron chi connectivity index (χ3n) is 4.83. The molecule has 134 valence electrons.